The van der Waals surface area contributed by atoms with Gasteiger partial charge >= 0.3 is 0 Å². The molecule has 1 aliphatic rings. The monoisotopic (exact) mass is 330 g/mol. The van der Waals surface area contributed by atoms with Crippen molar-refractivity contribution in [3.8, 4) is 5.88 Å². The number of nitrogens with zero attached hydrogens (tertiary/aromatic N) is 2. The van der Waals surface area contributed by atoms with Gasteiger partial charge in [-0.25, -0.2) is 17.7 Å². The van der Waals surface area contributed by atoms with E-state index in [1.54, 1.807) is 6.20 Å². The highest BCUT2D eigenvalue weighted by atomic mass is 32.2. The molecule has 0 aromatic carbocycles. The van der Waals surface area contributed by atoms with Crippen LogP contribution in [0.3, 0.4) is 0 Å². The lowest BCUT2D eigenvalue weighted by atomic mass is 10.1. The molecule has 1 aliphatic heterocycles. The van der Waals surface area contributed by atoms with E-state index in [1.165, 1.54) is 10.6 Å². The Balaban J connectivity index is 0.00000102. The molecule has 6 heteroatoms. The van der Waals surface area contributed by atoms with E-state index < -0.39 is 10.0 Å². The van der Waals surface area contributed by atoms with Gasteiger partial charge in [-0.05, 0) is 31.4 Å². The van der Waals surface area contributed by atoms with Crippen LogP contribution in [0.15, 0.2) is 18.3 Å². The first-order valence-corrected chi connectivity index (χ1v) is 9.84. The minimum Gasteiger partial charge on any atom is -0.474 e. The lowest BCUT2D eigenvalue weighted by Gasteiger charge is -2.30. The van der Waals surface area contributed by atoms with Gasteiger partial charge in [0.05, 0.1) is 6.26 Å². The van der Waals surface area contributed by atoms with Crippen LogP contribution in [0.4, 0.5) is 0 Å². The zero-order chi connectivity index (χ0) is 17.2. The Morgan fingerprint density at radius 2 is 1.73 bits per heavy atom. The van der Waals surface area contributed by atoms with Crippen LogP contribution >= 0.6 is 0 Å². The Kier molecular flexibility index (Phi) is 10.0. The summed E-state index contributed by atoms with van der Waals surface area (Å²) in [6, 6.07) is 3.81. The van der Waals surface area contributed by atoms with Crippen LogP contribution in [0.25, 0.3) is 0 Å². The van der Waals surface area contributed by atoms with Crippen LogP contribution < -0.4 is 4.74 Å². The van der Waals surface area contributed by atoms with Crippen LogP contribution in [0, 0.1) is 6.92 Å². The number of ether oxygens (including phenoxy) is 1. The highest BCUT2D eigenvalue weighted by molar-refractivity contribution is 7.88. The molecule has 0 aliphatic carbocycles. The van der Waals surface area contributed by atoms with Crippen molar-refractivity contribution in [2.75, 3.05) is 19.3 Å². The van der Waals surface area contributed by atoms with Gasteiger partial charge in [-0.3, -0.25) is 0 Å². The second-order valence-corrected chi connectivity index (χ2v) is 6.63. The molecule has 0 bridgehead atoms. The average Bonchev–Trinajstić information content (AvgIpc) is 2.51. The minimum atomic E-state index is -3.07. The number of hydrogen-bond donors (Lipinski definition) is 0. The molecule has 22 heavy (non-hydrogen) atoms. The summed E-state index contributed by atoms with van der Waals surface area (Å²) in [5, 5.41) is 0. The molecule has 0 atom stereocenters. The van der Waals surface area contributed by atoms with Crippen LogP contribution in [-0.4, -0.2) is 43.2 Å². The molecule has 0 radical (unpaired) electrons. The molecule has 0 amide bonds. The summed E-state index contributed by atoms with van der Waals surface area (Å²) in [7, 11) is -3.07. The molecule has 128 valence electrons. The van der Waals surface area contributed by atoms with Crippen molar-refractivity contribution in [3.05, 3.63) is 23.9 Å². The quantitative estimate of drug-likeness (QED) is 0.853. The second-order valence-electron chi connectivity index (χ2n) is 4.65. The predicted octanol–water partition coefficient (Wildman–Crippen LogP) is 3.25. The molecule has 5 nitrogen and oxygen atoms in total. The molecule has 0 spiro atoms. The van der Waals surface area contributed by atoms with Gasteiger partial charge in [-0.2, -0.15) is 0 Å². The van der Waals surface area contributed by atoms with Gasteiger partial charge in [0, 0.05) is 25.4 Å². The Labute approximate surface area is 135 Å². The standard InChI is InChI=1S/C12H18N2O3S.2C2H6/c1-10-3-6-13-12(9-10)17-11-4-7-14(8-5-11)18(2,15)16;2*1-2/h3,6,9,11H,4-5,7-8H2,1-2H3;2*1-2H3. The highest BCUT2D eigenvalue weighted by Crippen LogP contribution is 2.19. The van der Waals surface area contributed by atoms with Crippen LogP contribution in [0.5, 0.6) is 5.88 Å². The van der Waals surface area contributed by atoms with Crippen LogP contribution in [-0.2, 0) is 10.0 Å². The third kappa shape index (κ3) is 7.22. The first-order chi connectivity index (χ1) is 10.4. The Morgan fingerprint density at radius 3 is 2.18 bits per heavy atom. The van der Waals surface area contributed by atoms with Gasteiger partial charge in [-0.1, -0.05) is 27.7 Å². The number of rotatable bonds is 3. The van der Waals surface area contributed by atoms with E-state index in [1.807, 2.05) is 46.8 Å². The first-order valence-electron chi connectivity index (χ1n) is 7.99. The van der Waals surface area contributed by atoms with E-state index in [-0.39, 0.29) is 6.10 Å². The van der Waals surface area contributed by atoms with Crippen molar-refractivity contribution in [1.29, 1.82) is 0 Å². The van der Waals surface area contributed by atoms with Crippen molar-refractivity contribution >= 4 is 10.0 Å². The number of hydrogen-bond acceptors (Lipinski definition) is 4. The number of sulfonamides is 1. The highest BCUT2D eigenvalue weighted by Gasteiger charge is 2.26. The van der Waals surface area contributed by atoms with Crippen molar-refractivity contribution in [2.45, 2.75) is 53.6 Å². The molecule has 1 aromatic heterocycles. The Hall–Kier alpha value is -1.14. The van der Waals surface area contributed by atoms with Crippen molar-refractivity contribution < 1.29 is 13.2 Å². The van der Waals surface area contributed by atoms with Gasteiger partial charge in [0.15, 0.2) is 0 Å². The summed E-state index contributed by atoms with van der Waals surface area (Å²) in [4.78, 5) is 4.15. The van der Waals surface area contributed by atoms with Crippen LogP contribution in [0.2, 0.25) is 0 Å². The van der Waals surface area contributed by atoms with Gasteiger partial charge < -0.3 is 4.74 Å². The topological polar surface area (TPSA) is 59.5 Å². The normalized spacial score (nSPS) is 15.9. The molecular weight excluding hydrogens is 300 g/mol. The number of pyridine rings is 1. The zero-order valence-corrected chi connectivity index (χ0v) is 15.5. The van der Waals surface area contributed by atoms with Crippen molar-refractivity contribution in [1.82, 2.24) is 9.29 Å². The maximum atomic E-state index is 11.4. The van der Waals surface area contributed by atoms with Crippen LogP contribution in [0.1, 0.15) is 46.1 Å². The van der Waals surface area contributed by atoms with E-state index in [4.69, 9.17) is 4.74 Å². The maximum absolute atomic E-state index is 11.4. The largest absolute Gasteiger partial charge is 0.474 e. The lowest BCUT2D eigenvalue weighted by Crippen LogP contribution is -2.41. The molecular formula is C16H30N2O3S. The molecule has 1 aromatic rings. The van der Waals surface area contributed by atoms with Gasteiger partial charge in [0.1, 0.15) is 6.10 Å². The molecule has 0 N–H and O–H groups in total. The molecule has 2 heterocycles. The number of piperidine rings is 1. The van der Waals surface area contributed by atoms with E-state index in [2.05, 4.69) is 4.98 Å². The number of aryl methyl sites for hydroxylation is 1. The summed E-state index contributed by atoms with van der Waals surface area (Å²) in [5.41, 5.74) is 1.11. The smallest absolute Gasteiger partial charge is 0.213 e. The molecule has 0 unspecified atom stereocenters. The van der Waals surface area contributed by atoms with Crippen molar-refractivity contribution in [3.63, 3.8) is 0 Å². The van der Waals surface area contributed by atoms with E-state index in [9.17, 15) is 8.42 Å². The van der Waals surface area contributed by atoms with E-state index >= 15 is 0 Å². The Bertz CT molecular complexity index is 510. The van der Waals surface area contributed by atoms with Gasteiger partial charge in [0.25, 0.3) is 0 Å². The third-order valence-corrected chi connectivity index (χ3v) is 4.35. The van der Waals surface area contributed by atoms with E-state index in [0.717, 1.165) is 5.56 Å². The maximum Gasteiger partial charge on any atom is 0.213 e. The van der Waals surface area contributed by atoms with Gasteiger partial charge in [0.2, 0.25) is 15.9 Å². The fraction of sp³-hybridized carbons (Fsp3) is 0.688. The molecule has 2 rings (SSSR count). The number of aromatic nitrogens is 1. The molecule has 1 saturated heterocycles. The summed E-state index contributed by atoms with van der Waals surface area (Å²) in [6.07, 6.45) is 4.44. The van der Waals surface area contributed by atoms with Gasteiger partial charge in [-0.15, -0.1) is 0 Å². The predicted molar refractivity (Wildman–Crippen MR) is 91.7 cm³/mol. The summed E-state index contributed by atoms with van der Waals surface area (Å²) >= 11 is 0. The SMILES string of the molecule is CC.CC.Cc1ccnc(OC2CCN(S(C)(=O)=O)CC2)c1. The minimum absolute atomic E-state index is 0.0531. The van der Waals surface area contributed by atoms with Crippen molar-refractivity contribution in [2.24, 2.45) is 0 Å². The lowest BCUT2D eigenvalue weighted by molar-refractivity contribution is 0.130. The molecule has 1 fully saturated rings. The average molecular weight is 330 g/mol. The molecule has 0 saturated carbocycles. The fourth-order valence-corrected chi connectivity index (χ4v) is 2.90. The van der Waals surface area contributed by atoms with E-state index in [0.29, 0.717) is 31.8 Å². The second kappa shape index (κ2) is 10.6. The summed E-state index contributed by atoms with van der Waals surface area (Å²) in [5.74, 6) is 0.618. The first kappa shape index (κ1) is 20.9. The zero-order valence-electron chi connectivity index (χ0n) is 14.7. The third-order valence-electron chi connectivity index (χ3n) is 3.05. The summed E-state index contributed by atoms with van der Waals surface area (Å²) in [6.45, 7) is 11.0. The Morgan fingerprint density at radius 1 is 1.18 bits per heavy atom. The fourth-order valence-electron chi connectivity index (χ4n) is 2.03. The summed E-state index contributed by atoms with van der Waals surface area (Å²) < 4.78 is 30.0.